The number of Topliss-reactive ketones (excluding diaryl/α,β-unsaturated/α-hetero) is 1. The number of nitrogens with zero attached hydrogens (tertiary/aromatic N) is 1. The monoisotopic (exact) mass is 291 g/mol. The van der Waals surface area contributed by atoms with Gasteiger partial charge in [0.2, 0.25) is 5.78 Å². The van der Waals surface area contributed by atoms with Crippen LogP contribution in [0.2, 0.25) is 0 Å². The Hall–Kier alpha value is -2.88. The van der Waals surface area contributed by atoms with E-state index in [0.717, 1.165) is 10.9 Å². The number of amides is 1. The lowest BCUT2D eigenvalue weighted by Gasteiger charge is -2.13. The lowest BCUT2D eigenvalue weighted by atomic mass is 10.1. The average molecular weight is 291 g/mol. The van der Waals surface area contributed by atoms with E-state index < -0.39 is 0 Å². The first-order chi connectivity index (χ1) is 10.7. The van der Waals surface area contributed by atoms with Crippen molar-refractivity contribution in [3.63, 3.8) is 0 Å². The van der Waals surface area contributed by atoms with Gasteiger partial charge >= 0.3 is 0 Å². The molecule has 3 aromatic rings. The summed E-state index contributed by atoms with van der Waals surface area (Å²) >= 11 is 0. The van der Waals surface area contributed by atoms with Crippen LogP contribution in [0.3, 0.4) is 0 Å². The van der Waals surface area contributed by atoms with Gasteiger partial charge in [-0.2, -0.15) is 0 Å². The van der Waals surface area contributed by atoms with Crippen molar-refractivity contribution in [1.82, 2.24) is 4.90 Å². The molecule has 2 heterocycles. The molecule has 4 rings (SSSR count). The molecule has 0 saturated carbocycles. The number of carbonyl (C=O) groups is 2. The Morgan fingerprint density at radius 3 is 2.68 bits per heavy atom. The Balaban J connectivity index is 1.57. The van der Waals surface area contributed by atoms with Crippen molar-refractivity contribution >= 4 is 22.7 Å². The third-order valence-corrected chi connectivity index (χ3v) is 3.93. The molecule has 22 heavy (non-hydrogen) atoms. The zero-order chi connectivity index (χ0) is 15.1. The van der Waals surface area contributed by atoms with Crippen molar-refractivity contribution in [2.24, 2.45) is 0 Å². The van der Waals surface area contributed by atoms with Crippen LogP contribution in [0.1, 0.15) is 26.5 Å². The van der Waals surface area contributed by atoms with Gasteiger partial charge in [-0.05, 0) is 23.8 Å². The fraction of sp³-hybridized carbons (Fsp3) is 0.111. The summed E-state index contributed by atoms with van der Waals surface area (Å²) in [7, 11) is 0. The number of fused-ring (bicyclic) bond motifs is 2. The van der Waals surface area contributed by atoms with Gasteiger partial charge in [-0.3, -0.25) is 9.59 Å². The molecule has 4 heteroatoms. The minimum atomic E-state index is -0.183. The van der Waals surface area contributed by atoms with Crippen LogP contribution in [0, 0.1) is 0 Å². The van der Waals surface area contributed by atoms with Crippen LogP contribution >= 0.6 is 0 Å². The molecule has 0 bridgehead atoms. The normalized spacial score (nSPS) is 13.6. The maximum absolute atomic E-state index is 12.4. The van der Waals surface area contributed by atoms with Gasteiger partial charge in [-0.1, -0.05) is 36.4 Å². The Kier molecular flexibility index (Phi) is 2.82. The minimum Gasteiger partial charge on any atom is -0.453 e. The first-order valence-electron chi connectivity index (χ1n) is 7.11. The van der Waals surface area contributed by atoms with Gasteiger partial charge in [-0.15, -0.1) is 0 Å². The number of rotatable bonds is 3. The van der Waals surface area contributed by atoms with Crippen LogP contribution in [0.15, 0.2) is 59.0 Å². The molecule has 0 atom stereocenters. The molecule has 0 saturated heterocycles. The largest absolute Gasteiger partial charge is 0.453 e. The zero-order valence-corrected chi connectivity index (χ0v) is 11.8. The van der Waals surface area contributed by atoms with E-state index in [0.29, 0.717) is 23.5 Å². The Labute approximate surface area is 127 Å². The summed E-state index contributed by atoms with van der Waals surface area (Å²) in [6.07, 6.45) is 0. The highest BCUT2D eigenvalue weighted by Crippen LogP contribution is 2.24. The highest BCUT2D eigenvalue weighted by molar-refractivity contribution is 6.04. The molecule has 0 aliphatic carbocycles. The van der Waals surface area contributed by atoms with Gasteiger partial charge in [-0.25, -0.2) is 0 Å². The molecule has 1 aromatic heterocycles. The number of ketones is 1. The summed E-state index contributed by atoms with van der Waals surface area (Å²) in [4.78, 5) is 26.2. The molecule has 0 spiro atoms. The maximum Gasteiger partial charge on any atom is 0.254 e. The second kappa shape index (κ2) is 4.84. The van der Waals surface area contributed by atoms with E-state index in [1.165, 1.54) is 0 Å². The summed E-state index contributed by atoms with van der Waals surface area (Å²) in [5.41, 5.74) is 2.33. The third-order valence-electron chi connectivity index (χ3n) is 3.93. The third kappa shape index (κ3) is 2.00. The second-order valence-electron chi connectivity index (χ2n) is 5.39. The fourth-order valence-corrected chi connectivity index (χ4v) is 2.81. The van der Waals surface area contributed by atoms with Crippen molar-refractivity contribution in [2.75, 3.05) is 6.54 Å². The number of hydrogen-bond donors (Lipinski definition) is 0. The summed E-state index contributed by atoms with van der Waals surface area (Å²) in [5, 5.41) is 0.891. The molecule has 1 amide bonds. The number of furan rings is 1. The van der Waals surface area contributed by atoms with E-state index in [1.54, 1.807) is 17.0 Å². The molecule has 1 aliphatic rings. The van der Waals surface area contributed by atoms with E-state index in [-0.39, 0.29) is 18.2 Å². The first kappa shape index (κ1) is 12.8. The lowest BCUT2D eigenvalue weighted by molar-refractivity contribution is 0.0721. The Morgan fingerprint density at radius 2 is 1.86 bits per heavy atom. The summed E-state index contributed by atoms with van der Waals surface area (Å²) in [6, 6.07) is 16.6. The summed E-state index contributed by atoms with van der Waals surface area (Å²) in [5.74, 6) is 0.0161. The lowest BCUT2D eigenvalue weighted by Crippen LogP contribution is -2.30. The number of hydrogen-bond acceptors (Lipinski definition) is 3. The molecule has 0 N–H and O–H groups in total. The van der Waals surface area contributed by atoms with Crippen molar-refractivity contribution in [3.05, 3.63) is 71.5 Å². The topological polar surface area (TPSA) is 50.5 Å². The van der Waals surface area contributed by atoms with E-state index in [4.69, 9.17) is 4.42 Å². The summed E-state index contributed by atoms with van der Waals surface area (Å²) < 4.78 is 5.56. The highest BCUT2D eigenvalue weighted by Gasteiger charge is 2.29. The van der Waals surface area contributed by atoms with Crippen molar-refractivity contribution < 1.29 is 14.0 Å². The molecule has 1 aliphatic heterocycles. The zero-order valence-electron chi connectivity index (χ0n) is 11.8. The van der Waals surface area contributed by atoms with Crippen molar-refractivity contribution in [1.29, 1.82) is 0 Å². The van der Waals surface area contributed by atoms with Crippen LogP contribution in [-0.2, 0) is 6.54 Å². The number of carbonyl (C=O) groups excluding carboxylic acids is 2. The van der Waals surface area contributed by atoms with Gasteiger partial charge < -0.3 is 9.32 Å². The van der Waals surface area contributed by atoms with Crippen LogP contribution in [-0.4, -0.2) is 23.1 Å². The quantitative estimate of drug-likeness (QED) is 0.696. The SMILES string of the molecule is O=C(CN1Cc2ccccc2C1=O)c1cc2ccccc2o1. The van der Waals surface area contributed by atoms with E-state index in [9.17, 15) is 9.59 Å². The standard InChI is InChI=1S/C18H13NO3/c20-15(17-9-12-5-2-4-8-16(12)22-17)11-19-10-13-6-1-3-7-14(13)18(19)21/h1-9H,10-11H2. The maximum atomic E-state index is 12.4. The van der Waals surface area contributed by atoms with E-state index in [2.05, 4.69) is 0 Å². The van der Waals surface area contributed by atoms with E-state index in [1.807, 2.05) is 42.5 Å². The second-order valence-corrected chi connectivity index (χ2v) is 5.39. The van der Waals surface area contributed by atoms with Gasteiger partial charge in [0, 0.05) is 17.5 Å². The minimum absolute atomic E-state index is 0.0351. The predicted octanol–water partition coefficient (Wildman–Crippen LogP) is 3.27. The number of para-hydroxylation sites is 1. The molecular weight excluding hydrogens is 278 g/mol. The van der Waals surface area contributed by atoms with Crippen LogP contribution in [0.25, 0.3) is 11.0 Å². The van der Waals surface area contributed by atoms with Crippen LogP contribution in [0.4, 0.5) is 0 Å². The van der Waals surface area contributed by atoms with Crippen molar-refractivity contribution in [3.8, 4) is 0 Å². The Morgan fingerprint density at radius 1 is 1.09 bits per heavy atom. The number of benzene rings is 2. The Bertz CT molecular complexity index is 861. The van der Waals surface area contributed by atoms with Gasteiger partial charge in [0.05, 0.1) is 6.54 Å². The highest BCUT2D eigenvalue weighted by atomic mass is 16.3. The molecule has 0 fully saturated rings. The average Bonchev–Trinajstić information content (AvgIpc) is 3.10. The fourth-order valence-electron chi connectivity index (χ4n) is 2.81. The summed E-state index contributed by atoms with van der Waals surface area (Å²) in [6.45, 7) is 0.508. The molecule has 0 unspecified atom stereocenters. The molecular formula is C18H13NO3. The molecule has 108 valence electrons. The molecule has 4 nitrogen and oxygen atoms in total. The molecule has 0 radical (unpaired) electrons. The molecule has 2 aromatic carbocycles. The van der Waals surface area contributed by atoms with Gasteiger partial charge in [0.1, 0.15) is 5.58 Å². The smallest absolute Gasteiger partial charge is 0.254 e. The van der Waals surface area contributed by atoms with Gasteiger partial charge in [0.15, 0.2) is 5.76 Å². The van der Waals surface area contributed by atoms with Crippen LogP contribution < -0.4 is 0 Å². The van der Waals surface area contributed by atoms with E-state index >= 15 is 0 Å². The first-order valence-corrected chi connectivity index (χ1v) is 7.11. The van der Waals surface area contributed by atoms with Gasteiger partial charge in [0.25, 0.3) is 5.91 Å². The van der Waals surface area contributed by atoms with Crippen molar-refractivity contribution in [2.45, 2.75) is 6.54 Å². The van der Waals surface area contributed by atoms with Crippen LogP contribution in [0.5, 0.6) is 0 Å². The predicted molar refractivity (Wildman–Crippen MR) is 81.7 cm³/mol.